The molecule has 0 heterocycles. The molecule has 1 aliphatic rings. The molecular weight excluding hydrogens is 196 g/mol. The summed E-state index contributed by atoms with van der Waals surface area (Å²) in [6, 6.07) is 0. The maximum absolute atomic E-state index is 10.7. The fourth-order valence-electron chi connectivity index (χ4n) is 2.55. The first-order chi connectivity index (χ1) is 7.69. The summed E-state index contributed by atoms with van der Waals surface area (Å²) in [4.78, 5) is 0. The van der Waals surface area contributed by atoms with E-state index in [4.69, 9.17) is 0 Å². The summed E-state index contributed by atoms with van der Waals surface area (Å²) < 4.78 is 0. The Bertz CT molecular complexity index is 295. The standard InChI is InChI=1S/C15H22O/c1-4-10-13(5-2)15(16,6-3)14-11-8-7-9-12-14/h4-6,10,14,16H,1-3,7-9,11-12H2/b13-10+. The van der Waals surface area contributed by atoms with Crippen molar-refractivity contribution in [2.45, 2.75) is 37.7 Å². The Balaban J connectivity index is 2.97. The van der Waals surface area contributed by atoms with Crippen LogP contribution in [0, 0.1) is 5.92 Å². The van der Waals surface area contributed by atoms with Crippen LogP contribution in [-0.4, -0.2) is 10.7 Å². The zero-order chi connectivity index (χ0) is 12.0. The van der Waals surface area contributed by atoms with Gasteiger partial charge in [0.2, 0.25) is 0 Å². The Kier molecular flexibility index (Phi) is 4.75. The maximum Gasteiger partial charge on any atom is 0.110 e. The van der Waals surface area contributed by atoms with Gasteiger partial charge in [0, 0.05) is 0 Å². The van der Waals surface area contributed by atoms with E-state index in [1.54, 1.807) is 18.2 Å². The van der Waals surface area contributed by atoms with E-state index in [9.17, 15) is 5.11 Å². The highest BCUT2D eigenvalue weighted by Gasteiger charge is 2.36. The van der Waals surface area contributed by atoms with Crippen molar-refractivity contribution < 1.29 is 5.11 Å². The van der Waals surface area contributed by atoms with Crippen molar-refractivity contribution in [2.75, 3.05) is 0 Å². The molecule has 1 N–H and O–H groups in total. The Labute approximate surface area is 98.9 Å². The van der Waals surface area contributed by atoms with Crippen LogP contribution in [0.4, 0.5) is 0 Å². The summed E-state index contributed by atoms with van der Waals surface area (Å²) in [6.07, 6.45) is 12.7. The molecule has 1 nitrogen and oxygen atoms in total. The summed E-state index contributed by atoms with van der Waals surface area (Å²) in [7, 11) is 0. The molecular formula is C15H22O. The first kappa shape index (κ1) is 13.0. The van der Waals surface area contributed by atoms with Crippen molar-refractivity contribution in [3.63, 3.8) is 0 Å². The van der Waals surface area contributed by atoms with Gasteiger partial charge in [0.1, 0.15) is 5.60 Å². The van der Waals surface area contributed by atoms with Crippen molar-refractivity contribution in [3.05, 3.63) is 49.6 Å². The largest absolute Gasteiger partial charge is 0.381 e. The van der Waals surface area contributed by atoms with E-state index >= 15 is 0 Å². The van der Waals surface area contributed by atoms with Gasteiger partial charge in [-0.15, -0.1) is 0 Å². The zero-order valence-electron chi connectivity index (χ0n) is 9.99. The van der Waals surface area contributed by atoms with E-state index in [0.29, 0.717) is 0 Å². The molecule has 1 saturated carbocycles. The minimum atomic E-state index is -0.934. The Hall–Kier alpha value is -1.08. The smallest absolute Gasteiger partial charge is 0.110 e. The molecule has 0 amide bonds. The Morgan fingerprint density at radius 1 is 1.12 bits per heavy atom. The van der Waals surface area contributed by atoms with Crippen LogP contribution < -0.4 is 0 Å². The lowest BCUT2D eigenvalue weighted by molar-refractivity contribution is 0.0470. The van der Waals surface area contributed by atoms with Crippen LogP contribution in [-0.2, 0) is 0 Å². The van der Waals surface area contributed by atoms with Gasteiger partial charge < -0.3 is 5.11 Å². The summed E-state index contributed by atoms with van der Waals surface area (Å²) in [6.45, 7) is 11.2. The fraction of sp³-hybridized carbons (Fsp3) is 0.467. The highest BCUT2D eigenvalue weighted by atomic mass is 16.3. The van der Waals surface area contributed by atoms with Crippen LogP contribution in [0.25, 0.3) is 0 Å². The molecule has 0 spiro atoms. The summed E-state index contributed by atoms with van der Waals surface area (Å²) in [5.74, 6) is 0.267. The third-order valence-corrected chi connectivity index (χ3v) is 3.52. The van der Waals surface area contributed by atoms with Crippen molar-refractivity contribution in [1.29, 1.82) is 0 Å². The lowest BCUT2D eigenvalue weighted by Crippen LogP contribution is -2.38. The van der Waals surface area contributed by atoms with E-state index in [1.165, 1.54) is 19.3 Å². The molecule has 1 unspecified atom stereocenters. The van der Waals surface area contributed by atoms with E-state index < -0.39 is 5.60 Å². The number of hydrogen-bond acceptors (Lipinski definition) is 1. The summed E-state index contributed by atoms with van der Waals surface area (Å²) >= 11 is 0. The molecule has 0 aromatic carbocycles. The van der Waals surface area contributed by atoms with Gasteiger partial charge in [0.15, 0.2) is 0 Å². The van der Waals surface area contributed by atoms with Gasteiger partial charge in [-0.25, -0.2) is 0 Å². The van der Waals surface area contributed by atoms with E-state index in [0.717, 1.165) is 18.4 Å². The van der Waals surface area contributed by atoms with Crippen molar-refractivity contribution in [1.82, 2.24) is 0 Å². The molecule has 0 aliphatic heterocycles. The topological polar surface area (TPSA) is 20.2 Å². The normalized spacial score (nSPS) is 22.2. The van der Waals surface area contributed by atoms with Gasteiger partial charge >= 0.3 is 0 Å². The SMILES string of the molecule is C=C/C=C(\C=C)C(O)(C=C)C1CCCCC1. The molecule has 0 radical (unpaired) electrons. The predicted octanol–water partition coefficient (Wildman–Crippen LogP) is 3.78. The van der Waals surface area contributed by atoms with Crippen LogP contribution in [0.2, 0.25) is 0 Å². The number of allylic oxidation sites excluding steroid dienone is 2. The highest BCUT2D eigenvalue weighted by molar-refractivity contribution is 5.36. The number of rotatable bonds is 5. The Morgan fingerprint density at radius 2 is 1.75 bits per heavy atom. The number of hydrogen-bond donors (Lipinski definition) is 1. The van der Waals surface area contributed by atoms with Crippen LogP contribution >= 0.6 is 0 Å². The predicted molar refractivity (Wildman–Crippen MR) is 70.2 cm³/mol. The maximum atomic E-state index is 10.7. The molecule has 0 saturated heterocycles. The third-order valence-electron chi connectivity index (χ3n) is 3.52. The van der Waals surface area contributed by atoms with Crippen LogP contribution in [0.1, 0.15) is 32.1 Å². The minimum Gasteiger partial charge on any atom is -0.381 e. The molecule has 16 heavy (non-hydrogen) atoms. The second-order valence-corrected chi connectivity index (χ2v) is 4.43. The summed E-state index contributed by atoms with van der Waals surface area (Å²) in [5, 5.41) is 10.7. The van der Waals surface area contributed by atoms with E-state index in [2.05, 4.69) is 19.7 Å². The van der Waals surface area contributed by atoms with Crippen molar-refractivity contribution in [3.8, 4) is 0 Å². The Morgan fingerprint density at radius 3 is 2.19 bits per heavy atom. The van der Waals surface area contributed by atoms with Gasteiger partial charge in [-0.3, -0.25) is 0 Å². The lowest BCUT2D eigenvalue weighted by Gasteiger charge is -2.37. The van der Waals surface area contributed by atoms with Crippen molar-refractivity contribution >= 4 is 0 Å². The second kappa shape index (κ2) is 5.86. The van der Waals surface area contributed by atoms with Gasteiger partial charge in [-0.05, 0) is 24.3 Å². The highest BCUT2D eigenvalue weighted by Crippen LogP contribution is 2.38. The molecule has 1 heteroatoms. The monoisotopic (exact) mass is 218 g/mol. The molecule has 1 aliphatic carbocycles. The molecule has 0 aromatic rings. The average Bonchev–Trinajstić information content (AvgIpc) is 2.36. The van der Waals surface area contributed by atoms with Crippen molar-refractivity contribution in [2.24, 2.45) is 5.92 Å². The number of aliphatic hydroxyl groups is 1. The van der Waals surface area contributed by atoms with Gasteiger partial charge in [0.25, 0.3) is 0 Å². The first-order valence-corrected chi connectivity index (χ1v) is 6.00. The zero-order valence-corrected chi connectivity index (χ0v) is 9.99. The van der Waals surface area contributed by atoms with Gasteiger partial charge in [-0.2, -0.15) is 0 Å². The van der Waals surface area contributed by atoms with Gasteiger partial charge in [0.05, 0.1) is 0 Å². The lowest BCUT2D eigenvalue weighted by atomic mass is 9.73. The molecule has 1 rings (SSSR count). The van der Waals surface area contributed by atoms with Crippen LogP contribution in [0.3, 0.4) is 0 Å². The molecule has 0 aromatic heterocycles. The quantitative estimate of drug-likeness (QED) is 0.550. The molecule has 88 valence electrons. The molecule has 1 fully saturated rings. The minimum absolute atomic E-state index is 0.267. The second-order valence-electron chi connectivity index (χ2n) is 4.43. The fourth-order valence-corrected chi connectivity index (χ4v) is 2.55. The van der Waals surface area contributed by atoms with Crippen LogP contribution in [0.15, 0.2) is 49.6 Å². The average molecular weight is 218 g/mol. The van der Waals surface area contributed by atoms with Gasteiger partial charge in [-0.1, -0.05) is 63.3 Å². The molecule has 1 atom stereocenters. The van der Waals surface area contributed by atoms with Crippen LogP contribution in [0.5, 0.6) is 0 Å². The third kappa shape index (κ3) is 2.53. The molecule has 0 bridgehead atoms. The first-order valence-electron chi connectivity index (χ1n) is 6.00. The summed E-state index contributed by atoms with van der Waals surface area (Å²) in [5.41, 5.74) is -0.125. The van der Waals surface area contributed by atoms with E-state index in [1.807, 2.05) is 6.08 Å². The van der Waals surface area contributed by atoms with E-state index in [-0.39, 0.29) is 5.92 Å².